The van der Waals surface area contributed by atoms with Gasteiger partial charge in [-0.15, -0.1) is 0 Å². The molecule has 28 heavy (non-hydrogen) atoms. The highest BCUT2D eigenvalue weighted by atomic mass is 16.2. The number of amides is 2. The summed E-state index contributed by atoms with van der Waals surface area (Å²) in [4.78, 5) is 29.1. The Kier molecular flexibility index (Phi) is 7.90. The molecular formula is C23H35N3O2. The number of nitrogens with one attached hydrogen (secondary N) is 1. The van der Waals surface area contributed by atoms with Gasteiger partial charge in [-0.25, -0.2) is 0 Å². The number of aryl methyl sites for hydroxylation is 1. The fraction of sp³-hybridized carbons (Fsp3) is 0.652. The van der Waals surface area contributed by atoms with Crippen LogP contribution in [0.4, 0.5) is 0 Å². The molecule has 1 aromatic rings. The molecular weight excluding hydrogens is 350 g/mol. The van der Waals surface area contributed by atoms with Crippen molar-refractivity contribution in [3.05, 3.63) is 35.4 Å². The van der Waals surface area contributed by atoms with Crippen LogP contribution in [0.1, 0.15) is 49.7 Å². The van der Waals surface area contributed by atoms with Gasteiger partial charge in [0.05, 0.1) is 5.92 Å². The van der Waals surface area contributed by atoms with E-state index in [1.54, 1.807) is 0 Å². The van der Waals surface area contributed by atoms with Gasteiger partial charge in [-0.05, 0) is 57.8 Å². The monoisotopic (exact) mass is 385 g/mol. The fourth-order valence-corrected chi connectivity index (χ4v) is 4.20. The Morgan fingerprint density at radius 2 is 1.79 bits per heavy atom. The topological polar surface area (TPSA) is 52.7 Å². The van der Waals surface area contributed by atoms with Gasteiger partial charge in [0.2, 0.25) is 11.8 Å². The van der Waals surface area contributed by atoms with Crippen LogP contribution >= 0.6 is 0 Å². The second-order valence-corrected chi connectivity index (χ2v) is 8.38. The van der Waals surface area contributed by atoms with E-state index in [0.29, 0.717) is 26.1 Å². The number of hydrogen-bond acceptors (Lipinski definition) is 3. The van der Waals surface area contributed by atoms with Crippen molar-refractivity contribution in [2.24, 2.45) is 5.92 Å². The first-order chi connectivity index (χ1) is 13.6. The lowest BCUT2D eigenvalue weighted by atomic mass is 10.1. The number of hydrogen-bond donors (Lipinski definition) is 1. The molecule has 2 fully saturated rings. The van der Waals surface area contributed by atoms with Gasteiger partial charge in [-0.3, -0.25) is 9.59 Å². The summed E-state index contributed by atoms with van der Waals surface area (Å²) >= 11 is 0. The smallest absolute Gasteiger partial charge is 0.225 e. The molecule has 1 aromatic carbocycles. The third-order valence-electron chi connectivity index (χ3n) is 6.03. The van der Waals surface area contributed by atoms with Gasteiger partial charge in [0.25, 0.3) is 0 Å². The van der Waals surface area contributed by atoms with E-state index in [9.17, 15) is 9.59 Å². The van der Waals surface area contributed by atoms with Crippen molar-refractivity contribution >= 4 is 11.8 Å². The van der Waals surface area contributed by atoms with Crippen molar-refractivity contribution in [3.63, 3.8) is 0 Å². The predicted octanol–water partition coefficient (Wildman–Crippen LogP) is 2.77. The molecule has 2 aliphatic heterocycles. The Morgan fingerprint density at radius 3 is 2.50 bits per heavy atom. The zero-order valence-electron chi connectivity index (χ0n) is 17.3. The third kappa shape index (κ3) is 6.33. The second kappa shape index (κ2) is 10.6. The Bertz CT molecular complexity index is 636. The molecule has 2 saturated heterocycles. The van der Waals surface area contributed by atoms with Crippen LogP contribution in [0, 0.1) is 12.8 Å². The minimum absolute atomic E-state index is 0.0436. The first-order valence-electron chi connectivity index (χ1n) is 11.0. The molecule has 0 radical (unpaired) electrons. The SMILES string of the molecule is Cc1ccc(CCN2C[C@@H](C(=O)NCCCN3CCCCCC3)CC2=O)cc1. The molecule has 2 aliphatic rings. The van der Waals surface area contributed by atoms with Crippen LogP contribution in [0.3, 0.4) is 0 Å². The Labute approximate surface area is 169 Å². The number of likely N-dealkylation sites (tertiary alicyclic amines) is 2. The summed E-state index contributed by atoms with van der Waals surface area (Å²) in [6, 6.07) is 8.43. The molecule has 154 valence electrons. The molecule has 3 rings (SSSR count). The van der Waals surface area contributed by atoms with E-state index >= 15 is 0 Å². The summed E-state index contributed by atoms with van der Waals surface area (Å²) in [5, 5.41) is 3.06. The average molecular weight is 386 g/mol. The molecule has 0 saturated carbocycles. The lowest BCUT2D eigenvalue weighted by Crippen LogP contribution is -2.35. The van der Waals surface area contributed by atoms with Gasteiger partial charge in [0.1, 0.15) is 0 Å². The molecule has 0 unspecified atom stereocenters. The number of carbonyl (C=O) groups is 2. The maximum Gasteiger partial charge on any atom is 0.225 e. The van der Waals surface area contributed by atoms with Gasteiger partial charge < -0.3 is 15.1 Å². The van der Waals surface area contributed by atoms with E-state index in [2.05, 4.69) is 41.4 Å². The maximum absolute atomic E-state index is 12.5. The number of benzene rings is 1. The largest absolute Gasteiger partial charge is 0.356 e. The molecule has 5 nitrogen and oxygen atoms in total. The van der Waals surface area contributed by atoms with Gasteiger partial charge in [-0.1, -0.05) is 42.7 Å². The quantitative estimate of drug-likeness (QED) is 0.700. The van der Waals surface area contributed by atoms with Crippen LogP contribution in [-0.2, 0) is 16.0 Å². The van der Waals surface area contributed by atoms with Crippen molar-refractivity contribution in [2.75, 3.05) is 39.3 Å². The van der Waals surface area contributed by atoms with Crippen molar-refractivity contribution < 1.29 is 9.59 Å². The van der Waals surface area contributed by atoms with Crippen LogP contribution in [0.25, 0.3) is 0 Å². The summed E-state index contributed by atoms with van der Waals surface area (Å²) < 4.78 is 0. The van der Waals surface area contributed by atoms with Crippen molar-refractivity contribution in [1.82, 2.24) is 15.1 Å². The normalized spacial score (nSPS) is 21.0. The van der Waals surface area contributed by atoms with Gasteiger partial charge in [-0.2, -0.15) is 0 Å². The molecule has 0 spiro atoms. The Hall–Kier alpha value is -1.88. The van der Waals surface area contributed by atoms with Crippen molar-refractivity contribution in [2.45, 2.75) is 51.9 Å². The standard InChI is InChI=1S/C23H35N3O2/c1-19-7-9-20(10-8-19)11-16-26-18-21(17-22(26)27)23(28)24-12-6-15-25-13-4-2-3-5-14-25/h7-10,21H,2-6,11-18H2,1H3,(H,24,28)/t21-/m0/s1. The molecule has 2 amide bonds. The van der Waals surface area contributed by atoms with Gasteiger partial charge in [0, 0.05) is 26.1 Å². The lowest BCUT2D eigenvalue weighted by molar-refractivity contribution is -0.129. The molecule has 0 aromatic heterocycles. The maximum atomic E-state index is 12.5. The van der Waals surface area contributed by atoms with Crippen LogP contribution in [0.2, 0.25) is 0 Å². The molecule has 1 atom stereocenters. The zero-order chi connectivity index (χ0) is 19.8. The Balaban J connectivity index is 1.34. The minimum atomic E-state index is -0.191. The van der Waals surface area contributed by atoms with Crippen molar-refractivity contribution in [3.8, 4) is 0 Å². The first-order valence-corrected chi connectivity index (χ1v) is 11.0. The van der Waals surface area contributed by atoms with E-state index in [4.69, 9.17) is 0 Å². The highest BCUT2D eigenvalue weighted by Crippen LogP contribution is 2.18. The van der Waals surface area contributed by atoms with Gasteiger partial charge in [0.15, 0.2) is 0 Å². The van der Waals surface area contributed by atoms with E-state index in [1.807, 2.05) is 4.90 Å². The lowest BCUT2D eigenvalue weighted by Gasteiger charge is -2.20. The average Bonchev–Trinajstić information content (AvgIpc) is 2.89. The number of nitrogens with zero attached hydrogens (tertiary/aromatic N) is 2. The summed E-state index contributed by atoms with van der Waals surface area (Å²) in [6.45, 7) is 7.49. The highest BCUT2D eigenvalue weighted by molar-refractivity contribution is 5.89. The van der Waals surface area contributed by atoms with E-state index in [1.165, 1.54) is 49.9 Å². The van der Waals surface area contributed by atoms with Crippen molar-refractivity contribution in [1.29, 1.82) is 0 Å². The minimum Gasteiger partial charge on any atom is -0.356 e. The van der Waals surface area contributed by atoms with Gasteiger partial charge >= 0.3 is 0 Å². The predicted molar refractivity (Wildman–Crippen MR) is 112 cm³/mol. The highest BCUT2D eigenvalue weighted by Gasteiger charge is 2.33. The first kappa shape index (κ1) is 20.8. The Morgan fingerprint density at radius 1 is 1.07 bits per heavy atom. The van der Waals surface area contributed by atoms with Crippen LogP contribution in [0.15, 0.2) is 24.3 Å². The van der Waals surface area contributed by atoms with Crippen LogP contribution in [0.5, 0.6) is 0 Å². The number of rotatable bonds is 8. The van der Waals surface area contributed by atoms with Crippen LogP contribution < -0.4 is 5.32 Å². The summed E-state index contributed by atoms with van der Waals surface area (Å²) in [7, 11) is 0. The molecule has 1 N–H and O–H groups in total. The van der Waals surface area contributed by atoms with E-state index in [-0.39, 0.29) is 17.7 Å². The summed E-state index contributed by atoms with van der Waals surface area (Å²) in [5.74, 6) is -0.0393. The third-order valence-corrected chi connectivity index (χ3v) is 6.03. The van der Waals surface area contributed by atoms with E-state index in [0.717, 1.165) is 19.4 Å². The second-order valence-electron chi connectivity index (χ2n) is 8.38. The molecule has 0 bridgehead atoms. The summed E-state index contributed by atoms with van der Waals surface area (Å²) in [6.07, 6.45) is 7.49. The fourth-order valence-electron chi connectivity index (χ4n) is 4.20. The number of carbonyl (C=O) groups excluding carboxylic acids is 2. The summed E-state index contributed by atoms with van der Waals surface area (Å²) in [5.41, 5.74) is 2.48. The molecule has 0 aliphatic carbocycles. The van der Waals surface area contributed by atoms with E-state index < -0.39 is 0 Å². The molecule has 5 heteroatoms. The zero-order valence-corrected chi connectivity index (χ0v) is 17.3. The van der Waals surface area contributed by atoms with Crippen LogP contribution in [-0.4, -0.2) is 60.9 Å². The molecule has 2 heterocycles.